The van der Waals surface area contributed by atoms with Gasteiger partial charge in [-0.05, 0) is 73.0 Å². The quantitative estimate of drug-likeness (QED) is 0.240. The fourth-order valence-corrected chi connectivity index (χ4v) is 5.25. The van der Waals surface area contributed by atoms with Gasteiger partial charge in [0.1, 0.15) is 24.6 Å². The number of benzene rings is 3. The number of amidine groups is 1. The van der Waals surface area contributed by atoms with Gasteiger partial charge in [-0.3, -0.25) is 9.69 Å². The SMILES string of the molecule is CCc1cccc(C)c1N1C(=O)CS/C1=N\C(O)NCOc1ccc(-c2ncn(-c3ccc(OC(F)(F)F)cc3)n2)cc1. The number of carbonyl (C=O) groups excluding carboxylic acids is 1. The van der Waals surface area contributed by atoms with Gasteiger partial charge in [-0.25, -0.2) is 20.0 Å². The summed E-state index contributed by atoms with van der Waals surface area (Å²) in [6.45, 7) is 3.91. The number of aliphatic hydroxyl groups is 1. The Morgan fingerprint density at radius 3 is 2.51 bits per heavy atom. The Hall–Kier alpha value is -4.40. The maximum absolute atomic E-state index is 12.7. The number of carbonyl (C=O) groups is 1. The second-order valence-corrected chi connectivity index (χ2v) is 10.3. The number of amides is 1. The molecule has 1 aliphatic rings. The second kappa shape index (κ2) is 12.9. The van der Waals surface area contributed by atoms with Crippen LogP contribution in [0.2, 0.25) is 0 Å². The maximum Gasteiger partial charge on any atom is 0.573 e. The molecule has 1 saturated heterocycles. The van der Waals surface area contributed by atoms with Gasteiger partial charge in [0, 0.05) is 5.56 Å². The van der Waals surface area contributed by atoms with E-state index >= 15 is 0 Å². The van der Waals surface area contributed by atoms with Crippen LogP contribution in [0.1, 0.15) is 18.1 Å². The molecule has 5 rings (SSSR count). The van der Waals surface area contributed by atoms with Crippen LogP contribution in [0, 0.1) is 6.92 Å². The molecule has 0 spiro atoms. The van der Waals surface area contributed by atoms with Crippen LogP contribution in [0.5, 0.6) is 11.5 Å². The molecule has 1 fully saturated rings. The zero-order valence-corrected chi connectivity index (χ0v) is 23.9. The molecule has 0 saturated carbocycles. The van der Waals surface area contributed by atoms with E-state index in [1.807, 2.05) is 32.0 Å². The van der Waals surface area contributed by atoms with Crippen molar-refractivity contribution in [3.63, 3.8) is 0 Å². The van der Waals surface area contributed by atoms with Crippen molar-refractivity contribution >= 4 is 28.5 Å². The van der Waals surface area contributed by atoms with E-state index in [1.54, 1.807) is 29.2 Å². The first kappa shape index (κ1) is 30.1. The zero-order valence-electron chi connectivity index (χ0n) is 23.1. The number of hydrogen-bond acceptors (Lipinski definition) is 9. The molecule has 2 N–H and O–H groups in total. The summed E-state index contributed by atoms with van der Waals surface area (Å²) in [5.74, 6) is 0.727. The number of para-hydroxylation sites is 1. The van der Waals surface area contributed by atoms with Crippen molar-refractivity contribution in [1.82, 2.24) is 20.1 Å². The van der Waals surface area contributed by atoms with E-state index in [-0.39, 0.29) is 24.1 Å². The summed E-state index contributed by atoms with van der Waals surface area (Å²) in [5.41, 5.74) is 3.97. The van der Waals surface area contributed by atoms with E-state index < -0.39 is 12.7 Å². The predicted octanol–water partition coefficient (Wildman–Crippen LogP) is 5.04. The molecule has 224 valence electrons. The average Bonchev–Trinajstić information content (AvgIpc) is 3.60. The molecule has 1 aliphatic heterocycles. The molecule has 0 radical (unpaired) electrons. The monoisotopic (exact) mass is 612 g/mol. The first-order valence-corrected chi connectivity index (χ1v) is 14.1. The second-order valence-electron chi connectivity index (χ2n) is 9.31. The number of ether oxygens (including phenoxy) is 2. The highest BCUT2D eigenvalue weighted by Crippen LogP contribution is 2.33. The van der Waals surface area contributed by atoms with E-state index in [2.05, 4.69) is 25.1 Å². The lowest BCUT2D eigenvalue weighted by Gasteiger charge is -2.22. The van der Waals surface area contributed by atoms with Crippen molar-refractivity contribution < 1.29 is 32.5 Å². The van der Waals surface area contributed by atoms with E-state index in [4.69, 9.17) is 4.74 Å². The number of halogens is 3. The number of rotatable bonds is 10. The molecule has 1 amide bonds. The fraction of sp³-hybridized carbons (Fsp3) is 0.241. The van der Waals surface area contributed by atoms with Gasteiger partial charge < -0.3 is 14.6 Å². The summed E-state index contributed by atoms with van der Waals surface area (Å²) >= 11 is 1.27. The summed E-state index contributed by atoms with van der Waals surface area (Å²) in [6.07, 6.45) is -3.86. The lowest BCUT2D eigenvalue weighted by atomic mass is 10.0. The van der Waals surface area contributed by atoms with Gasteiger partial charge in [-0.2, -0.15) is 0 Å². The summed E-state index contributed by atoms with van der Waals surface area (Å²) in [5, 5.41) is 18.0. The van der Waals surface area contributed by atoms with Crippen molar-refractivity contribution in [2.45, 2.75) is 33.0 Å². The van der Waals surface area contributed by atoms with Gasteiger partial charge in [0.25, 0.3) is 0 Å². The molecule has 10 nitrogen and oxygen atoms in total. The number of aliphatic imine (C=N–C) groups is 1. The van der Waals surface area contributed by atoms with Crippen LogP contribution in [-0.4, -0.2) is 56.1 Å². The van der Waals surface area contributed by atoms with Gasteiger partial charge in [-0.1, -0.05) is 36.9 Å². The lowest BCUT2D eigenvalue weighted by Crippen LogP contribution is -2.35. The number of aromatic nitrogens is 3. The molecule has 0 aliphatic carbocycles. The standard InChI is InChI=1S/C29H27F3N6O4S/c1-3-19-6-4-5-18(2)25(19)38-24(39)15-43-28(38)35-27(40)34-17-41-22-11-7-20(8-12-22)26-33-16-37(36-26)21-9-13-23(14-10-21)42-29(30,31)32/h4-14,16,27,34,40H,3,15,17H2,1-2H3/b35-28-. The number of hydrogen-bond donors (Lipinski definition) is 2. The Kier molecular flexibility index (Phi) is 8.99. The predicted molar refractivity (Wildman–Crippen MR) is 156 cm³/mol. The van der Waals surface area contributed by atoms with Crippen molar-refractivity contribution in [1.29, 1.82) is 0 Å². The molecule has 1 unspecified atom stereocenters. The number of nitrogens with one attached hydrogen (secondary N) is 1. The minimum absolute atomic E-state index is 0.0542. The van der Waals surface area contributed by atoms with E-state index in [1.165, 1.54) is 47.0 Å². The van der Waals surface area contributed by atoms with E-state index in [0.29, 0.717) is 28.0 Å². The molecule has 4 aromatic rings. The number of alkyl halides is 3. The minimum atomic E-state index is -4.76. The third-order valence-corrected chi connectivity index (χ3v) is 7.31. The van der Waals surface area contributed by atoms with Crippen molar-refractivity contribution in [2.24, 2.45) is 4.99 Å². The highest BCUT2D eigenvalue weighted by molar-refractivity contribution is 8.15. The fourth-order valence-electron chi connectivity index (χ4n) is 4.37. The highest BCUT2D eigenvalue weighted by atomic mass is 32.2. The summed E-state index contributed by atoms with van der Waals surface area (Å²) in [6, 6.07) is 18.0. The van der Waals surface area contributed by atoms with Gasteiger partial charge >= 0.3 is 6.36 Å². The number of aryl methyl sites for hydroxylation is 2. The van der Waals surface area contributed by atoms with Crippen molar-refractivity contribution in [3.05, 3.63) is 84.2 Å². The molecule has 14 heteroatoms. The van der Waals surface area contributed by atoms with E-state index in [0.717, 1.165) is 23.2 Å². The van der Waals surface area contributed by atoms with Crippen molar-refractivity contribution in [2.75, 3.05) is 17.4 Å². The molecule has 43 heavy (non-hydrogen) atoms. The highest BCUT2D eigenvalue weighted by Gasteiger charge is 2.33. The van der Waals surface area contributed by atoms with Gasteiger partial charge in [-0.15, -0.1) is 18.3 Å². The molecule has 2 heterocycles. The Morgan fingerprint density at radius 2 is 1.81 bits per heavy atom. The van der Waals surface area contributed by atoms with Gasteiger partial charge in [0.15, 0.2) is 11.0 Å². The number of anilines is 1. The number of aliphatic hydroxyl groups excluding tert-OH is 1. The Labute approximate surface area is 249 Å². The van der Waals surface area contributed by atoms with Crippen molar-refractivity contribution in [3.8, 4) is 28.6 Å². The van der Waals surface area contributed by atoms with Crippen LogP contribution >= 0.6 is 11.8 Å². The first-order chi connectivity index (χ1) is 20.6. The smallest absolute Gasteiger partial charge is 0.478 e. The zero-order chi connectivity index (χ0) is 30.6. The Morgan fingerprint density at radius 1 is 1.09 bits per heavy atom. The summed E-state index contributed by atoms with van der Waals surface area (Å²) in [7, 11) is 0. The Bertz CT molecular complexity index is 1610. The minimum Gasteiger partial charge on any atom is -0.478 e. The topological polar surface area (TPSA) is 114 Å². The third-order valence-electron chi connectivity index (χ3n) is 6.37. The number of nitrogens with zero attached hydrogens (tertiary/aromatic N) is 5. The lowest BCUT2D eigenvalue weighted by molar-refractivity contribution is -0.274. The van der Waals surface area contributed by atoms with Gasteiger partial charge in [0.2, 0.25) is 12.3 Å². The van der Waals surface area contributed by atoms with Crippen LogP contribution in [0.4, 0.5) is 18.9 Å². The van der Waals surface area contributed by atoms with Crippen LogP contribution in [0.25, 0.3) is 17.1 Å². The third kappa shape index (κ3) is 7.34. The molecular formula is C29H27F3N6O4S. The molecule has 0 bridgehead atoms. The first-order valence-electron chi connectivity index (χ1n) is 13.2. The van der Waals surface area contributed by atoms with E-state index in [9.17, 15) is 23.1 Å². The normalized spacial score (nSPS) is 15.3. The summed E-state index contributed by atoms with van der Waals surface area (Å²) in [4.78, 5) is 22.8. The molecule has 1 atom stereocenters. The van der Waals surface area contributed by atoms with Gasteiger partial charge in [0.05, 0.1) is 17.1 Å². The summed E-state index contributed by atoms with van der Waals surface area (Å²) < 4.78 is 48.1. The average molecular weight is 613 g/mol. The maximum atomic E-state index is 12.7. The van der Waals surface area contributed by atoms with Crippen LogP contribution in [0.15, 0.2) is 78.0 Å². The van der Waals surface area contributed by atoms with Crippen LogP contribution in [0.3, 0.4) is 0 Å². The molecule has 1 aromatic heterocycles. The number of thioether (sulfide) groups is 1. The molecular weight excluding hydrogens is 585 g/mol. The van der Waals surface area contributed by atoms with Crippen LogP contribution < -0.4 is 19.7 Å². The van der Waals surface area contributed by atoms with Crippen LogP contribution in [-0.2, 0) is 11.2 Å². The molecule has 3 aromatic carbocycles. The largest absolute Gasteiger partial charge is 0.573 e. The Balaban J connectivity index is 1.17.